The van der Waals surface area contributed by atoms with Crippen molar-refractivity contribution in [2.75, 3.05) is 23.7 Å². The molecule has 2 rings (SSSR count). The SMILES string of the molecule is CC1(C(N)=O)CCN(c2ccc(S(N)(=O)=O)c(N)c2)C1. The molecule has 20 heavy (non-hydrogen) atoms. The zero-order valence-electron chi connectivity index (χ0n) is 11.2. The molecule has 0 bridgehead atoms. The Hall–Kier alpha value is -1.80. The van der Waals surface area contributed by atoms with Crippen molar-refractivity contribution < 1.29 is 13.2 Å². The molecule has 0 saturated carbocycles. The minimum absolute atomic E-state index is 0.0951. The number of nitrogens with two attached hydrogens (primary N) is 3. The number of sulfonamides is 1. The van der Waals surface area contributed by atoms with Crippen LogP contribution in [0, 0.1) is 5.41 Å². The number of anilines is 2. The molecular formula is C12H18N4O3S. The van der Waals surface area contributed by atoms with Crippen molar-refractivity contribution >= 4 is 27.3 Å². The minimum atomic E-state index is -3.83. The number of nitrogen functional groups attached to an aromatic ring is 1. The zero-order valence-corrected chi connectivity index (χ0v) is 12.0. The molecule has 1 aromatic rings. The molecule has 1 saturated heterocycles. The monoisotopic (exact) mass is 298 g/mol. The first kappa shape index (κ1) is 14.6. The molecule has 7 nitrogen and oxygen atoms in total. The molecule has 1 fully saturated rings. The molecule has 1 aliphatic rings. The van der Waals surface area contributed by atoms with Gasteiger partial charge in [0, 0.05) is 18.8 Å². The van der Waals surface area contributed by atoms with Crippen LogP contribution in [0.25, 0.3) is 0 Å². The van der Waals surface area contributed by atoms with E-state index in [0.717, 1.165) is 5.69 Å². The number of amides is 1. The number of hydrogen-bond acceptors (Lipinski definition) is 5. The van der Waals surface area contributed by atoms with Gasteiger partial charge < -0.3 is 16.4 Å². The van der Waals surface area contributed by atoms with Crippen molar-refractivity contribution in [3.05, 3.63) is 18.2 Å². The van der Waals surface area contributed by atoms with Crippen LogP contribution < -0.4 is 21.5 Å². The van der Waals surface area contributed by atoms with Gasteiger partial charge in [-0.15, -0.1) is 0 Å². The van der Waals surface area contributed by atoms with Crippen LogP contribution in [0.4, 0.5) is 11.4 Å². The average Bonchev–Trinajstić information content (AvgIpc) is 2.71. The van der Waals surface area contributed by atoms with Crippen molar-refractivity contribution in [1.29, 1.82) is 0 Å². The average molecular weight is 298 g/mol. The normalized spacial score (nSPS) is 23.0. The van der Waals surface area contributed by atoms with Gasteiger partial charge >= 0.3 is 0 Å². The van der Waals surface area contributed by atoms with Crippen LogP contribution in [0.15, 0.2) is 23.1 Å². The van der Waals surface area contributed by atoms with Crippen molar-refractivity contribution in [2.24, 2.45) is 16.3 Å². The second-order valence-electron chi connectivity index (χ2n) is 5.36. The van der Waals surface area contributed by atoms with E-state index >= 15 is 0 Å². The molecule has 110 valence electrons. The standard InChI is InChI=1S/C12H18N4O3S/c1-12(11(14)17)4-5-16(7-12)8-2-3-10(9(13)6-8)20(15,18)19/h2-3,6H,4-5,7,13H2,1H3,(H2,14,17)(H2,15,18,19). The molecule has 1 atom stereocenters. The molecule has 6 N–H and O–H groups in total. The van der Waals surface area contributed by atoms with Gasteiger partial charge in [-0.3, -0.25) is 4.79 Å². The Morgan fingerprint density at radius 3 is 2.50 bits per heavy atom. The summed E-state index contributed by atoms with van der Waals surface area (Å²) in [6.45, 7) is 2.96. The topological polar surface area (TPSA) is 133 Å². The fraction of sp³-hybridized carbons (Fsp3) is 0.417. The van der Waals surface area contributed by atoms with Crippen molar-refractivity contribution in [3.8, 4) is 0 Å². The highest BCUT2D eigenvalue weighted by molar-refractivity contribution is 7.89. The van der Waals surface area contributed by atoms with Crippen LogP contribution in [0.3, 0.4) is 0 Å². The van der Waals surface area contributed by atoms with Gasteiger partial charge in [0.1, 0.15) is 4.90 Å². The van der Waals surface area contributed by atoms with Gasteiger partial charge in [-0.2, -0.15) is 0 Å². The van der Waals surface area contributed by atoms with Crippen LogP contribution in [0.5, 0.6) is 0 Å². The molecule has 8 heteroatoms. The summed E-state index contributed by atoms with van der Waals surface area (Å²) in [4.78, 5) is 13.3. The van der Waals surface area contributed by atoms with Gasteiger partial charge in [-0.1, -0.05) is 0 Å². The second kappa shape index (κ2) is 4.64. The van der Waals surface area contributed by atoms with Crippen LogP contribution in [0.2, 0.25) is 0 Å². The maximum absolute atomic E-state index is 11.4. The fourth-order valence-corrected chi connectivity index (χ4v) is 3.02. The zero-order chi connectivity index (χ0) is 15.1. The molecule has 0 aliphatic carbocycles. The van der Waals surface area contributed by atoms with Crippen LogP contribution in [-0.2, 0) is 14.8 Å². The van der Waals surface area contributed by atoms with E-state index in [1.807, 2.05) is 11.8 Å². The summed E-state index contributed by atoms with van der Waals surface area (Å²) in [5, 5.41) is 5.06. The molecule has 1 heterocycles. The van der Waals surface area contributed by atoms with Gasteiger partial charge in [-0.05, 0) is 31.5 Å². The largest absolute Gasteiger partial charge is 0.398 e. The minimum Gasteiger partial charge on any atom is -0.398 e. The predicted octanol–water partition coefficient (Wildman–Crippen LogP) is -0.382. The lowest BCUT2D eigenvalue weighted by molar-refractivity contribution is -0.125. The quantitative estimate of drug-likeness (QED) is 0.654. The smallest absolute Gasteiger partial charge is 0.240 e. The number of rotatable bonds is 3. The summed E-state index contributed by atoms with van der Waals surface area (Å²) in [7, 11) is -3.83. The Balaban J connectivity index is 2.29. The van der Waals surface area contributed by atoms with Gasteiger partial charge in [-0.25, -0.2) is 13.6 Å². The summed E-state index contributed by atoms with van der Waals surface area (Å²) in [6.07, 6.45) is 0.652. The van der Waals surface area contributed by atoms with E-state index in [4.69, 9.17) is 16.6 Å². The molecule has 1 amide bonds. The first-order valence-electron chi connectivity index (χ1n) is 6.11. The van der Waals surface area contributed by atoms with Crippen molar-refractivity contribution in [3.63, 3.8) is 0 Å². The summed E-state index contributed by atoms with van der Waals surface area (Å²) in [6, 6.07) is 4.55. The van der Waals surface area contributed by atoms with E-state index in [-0.39, 0.29) is 16.5 Å². The third kappa shape index (κ3) is 2.56. The van der Waals surface area contributed by atoms with Crippen molar-refractivity contribution in [1.82, 2.24) is 0 Å². The Morgan fingerprint density at radius 1 is 1.40 bits per heavy atom. The van der Waals surface area contributed by atoms with Gasteiger partial charge in [0.2, 0.25) is 15.9 Å². The van der Waals surface area contributed by atoms with E-state index in [1.54, 1.807) is 12.1 Å². The molecule has 1 unspecified atom stereocenters. The van der Waals surface area contributed by atoms with Gasteiger partial charge in [0.05, 0.1) is 11.1 Å². The maximum atomic E-state index is 11.4. The number of primary amides is 1. The lowest BCUT2D eigenvalue weighted by Gasteiger charge is -2.23. The van der Waals surface area contributed by atoms with E-state index in [2.05, 4.69) is 0 Å². The first-order chi connectivity index (χ1) is 9.13. The Labute approximate surface area is 117 Å². The number of carbonyl (C=O) groups excluding carboxylic acids is 1. The van der Waals surface area contributed by atoms with Gasteiger partial charge in [0.15, 0.2) is 0 Å². The molecule has 0 aromatic heterocycles. The number of nitrogens with zero attached hydrogens (tertiary/aromatic N) is 1. The third-order valence-corrected chi connectivity index (χ3v) is 4.72. The summed E-state index contributed by atoms with van der Waals surface area (Å²) in [5.74, 6) is -0.339. The Bertz CT molecular complexity index is 659. The number of benzene rings is 1. The van der Waals surface area contributed by atoms with Crippen LogP contribution in [-0.4, -0.2) is 27.4 Å². The fourth-order valence-electron chi connectivity index (χ4n) is 2.37. The molecule has 1 aliphatic heterocycles. The molecule has 1 aromatic carbocycles. The lowest BCUT2D eigenvalue weighted by Crippen LogP contribution is -2.37. The van der Waals surface area contributed by atoms with Gasteiger partial charge in [0.25, 0.3) is 0 Å². The number of primary sulfonamides is 1. The highest BCUT2D eigenvalue weighted by atomic mass is 32.2. The van der Waals surface area contributed by atoms with E-state index < -0.39 is 15.4 Å². The predicted molar refractivity (Wildman–Crippen MR) is 76.4 cm³/mol. The molecule has 0 spiro atoms. The van der Waals surface area contributed by atoms with Crippen molar-refractivity contribution in [2.45, 2.75) is 18.2 Å². The Kier molecular flexibility index (Phi) is 3.39. The molecule has 0 radical (unpaired) electrons. The first-order valence-corrected chi connectivity index (χ1v) is 7.65. The lowest BCUT2D eigenvalue weighted by atomic mass is 9.89. The second-order valence-corrected chi connectivity index (χ2v) is 6.89. The van der Waals surface area contributed by atoms with E-state index in [1.165, 1.54) is 6.07 Å². The van der Waals surface area contributed by atoms with E-state index in [9.17, 15) is 13.2 Å². The molecular weight excluding hydrogens is 280 g/mol. The summed E-state index contributed by atoms with van der Waals surface area (Å²) >= 11 is 0. The van der Waals surface area contributed by atoms with E-state index in [0.29, 0.717) is 19.5 Å². The summed E-state index contributed by atoms with van der Waals surface area (Å²) < 4.78 is 22.6. The van der Waals surface area contributed by atoms with Crippen LogP contribution in [0.1, 0.15) is 13.3 Å². The summed E-state index contributed by atoms with van der Waals surface area (Å²) in [5.41, 5.74) is 11.4. The number of hydrogen-bond donors (Lipinski definition) is 3. The van der Waals surface area contributed by atoms with Crippen LogP contribution >= 0.6 is 0 Å². The maximum Gasteiger partial charge on any atom is 0.240 e. The Morgan fingerprint density at radius 2 is 2.05 bits per heavy atom. The number of carbonyl (C=O) groups is 1. The third-order valence-electron chi connectivity index (χ3n) is 3.73. The highest BCUT2D eigenvalue weighted by Crippen LogP contribution is 2.34. The highest BCUT2D eigenvalue weighted by Gasteiger charge is 2.39.